The molecule has 1 unspecified atom stereocenters. The SMILES string of the molecule is C=CC(C)N[C@H](C)c1ccccc1F. The maximum Gasteiger partial charge on any atom is 0.127 e. The highest BCUT2D eigenvalue weighted by Crippen LogP contribution is 2.16. The van der Waals surface area contributed by atoms with Gasteiger partial charge in [-0.2, -0.15) is 0 Å². The molecule has 0 radical (unpaired) electrons. The van der Waals surface area contributed by atoms with Crippen molar-refractivity contribution in [3.8, 4) is 0 Å². The molecule has 0 saturated carbocycles. The lowest BCUT2D eigenvalue weighted by Gasteiger charge is -2.18. The average molecular weight is 193 g/mol. The molecule has 14 heavy (non-hydrogen) atoms. The Hall–Kier alpha value is -1.15. The highest BCUT2D eigenvalue weighted by molar-refractivity contribution is 5.20. The van der Waals surface area contributed by atoms with Crippen molar-refractivity contribution in [2.45, 2.75) is 25.9 Å². The minimum Gasteiger partial charge on any atom is -0.304 e. The van der Waals surface area contributed by atoms with Gasteiger partial charge in [0.2, 0.25) is 0 Å². The van der Waals surface area contributed by atoms with Gasteiger partial charge >= 0.3 is 0 Å². The molecule has 0 saturated heterocycles. The molecule has 1 aromatic rings. The van der Waals surface area contributed by atoms with Gasteiger partial charge in [-0.05, 0) is 19.9 Å². The van der Waals surface area contributed by atoms with Crippen molar-refractivity contribution in [1.29, 1.82) is 0 Å². The molecule has 2 atom stereocenters. The van der Waals surface area contributed by atoms with Crippen LogP contribution in [0.1, 0.15) is 25.5 Å². The van der Waals surface area contributed by atoms with Crippen LogP contribution in [0.3, 0.4) is 0 Å². The van der Waals surface area contributed by atoms with Crippen molar-refractivity contribution >= 4 is 0 Å². The lowest BCUT2D eigenvalue weighted by molar-refractivity contribution is 0.505. The second-order valence-electron chi connectivity index (χ2n) is 3.43. The maximum atomic E-state index is 13.3. The number of halogens is 1. The normalized spacial score (nSPS) is 14.8. The molecule has 0 aliphatic rings. The summed E-state index contributed by atoms with van der Waals surface area (Å²) < 4.78 is 13.3. The Morgan fingerprint density at radius 2 is 2.00 bits per heavy atom. The zero-order chi connectivity index (χ0) is 10.6. The molecular formula is C12H16FN. The van der Waals surface area contributed by atoms with Crippen molar-refractivity contribution in [3.05, 3.63) is 48.3 Å². The zero-order valence-electron chi connectivity index (χ0n) is 8.63. The quantitative estimate of drug-likeness (QED) is 0.725. The van der Waals surface area contributed by atoms with Crippen LogP contribution in [0.25, 0.3) is 0 Å². The summed E-state index contributed by atoms with van der Waals surface area (Å²) in [6.07, 6.45) is 1.80. The molecule has 0 spiro atoms. The number of hydrogen-bond acceptors (Lipinski definition) is 1. The van der Waals surface area contributed by atoms with Crippen molar-refractivity contribution in [1.82, 2.24) is 5.32 Å². The van der Waals surface area contributed by atoms with Gasteiger partial charge in [0, 0.05) is 17.6 Å². The van der Waals surface area contributed by atoms with Gasteiger partial charge in [0.25, 0.3) is 0 Å². The van der Waals surface area contributed by atoms with Crippen molar-refractivity contribution in [2.24, 2.45) is 0 Å². The summed E-state index contributed by atoms with van der Waals surface area (Å²) >= 11 is 0. The molecule has 0 bridgehead atoms. The smallest absolute Gasteiger partial charge is 0.127 e. The van der Waals surface area contributed by atoms with Crippen molar-refractivity contribution in [3.63, 3.8) is 0 Å². The Kier molecular flexibility index (Phi) is 3.84. The second kappa shape index (κ2) is 4.91. The van der Waals surface area contributed by atoms with E-state index in [1.807, 2.05) is 19.9 Å². The minimum absolute atomic E-state index is 0.00389. The van der Waals surface area contributed by atoms with Gasteiger partial charge in [0.05, 0.1) is 0 Å². The third-order valence-corrected chi connectivity index (χ3v) is 2.24. The molecule has 0 amide bonds. The van der Waals surface area contributed by atoms with Gasteiger partial charge in [0.15, 0.2) is 0 Å². The van der Waals surface area contributed by atoms with E-state index in [-0.39, 0.29) is 17.9 Å². The van der Waals surface area contributed by atoms with E-state index in [4.69, 9.17) is 0 Å². The van der Waals surface area contributed by atoms with E-state index in [9.17, 15) is 4.39 Å². The minimum atomic E-state index is -0.163. The summed E-state index contributed by atoms with van der Waals surface area (Å²) in [6.45, 7) is 7.61. The lowest BCUT2D eigenvalue weighted by atomic mass is 10.1. The Morgan fingerprint density at radius 3 is 2.57 bits per heavy atom. The van der Waals surface area contributed by atoms with Gasteiger partial charge < -0.3 is 5.32 Å². The molecule has 1 aromatic carbocycles. The van der Waals surface area contributed by atoms with Crippen LogP contribution in [0, 0.1) is 5.82 Å². The number of nitrogens with one attached hydrogen (secondary N) is 1. The first-order chi connectivity index (χ1) is 6.65. The first kappa shape index (κ1) is 10.9. The Bertz CT molecular complexity index is 309. The third-order valence-electron chi connectivity index (χ3n) is 2.24. The molecular weight excluding hydrogens is 177 g/mol. The zero-order valence-corrected chi connectivity index (χ0v) is 8.63. The van der Waals surface area contributed by atoms with E-state index in [1.165, 1.54) is 6.07 Å². The van der Waals surface area contributed by atoms with Crippen LogP contribution in [-0.4, -0.2) is 6.04 Å². The predicted molar refractivity (Wildman–Crippen MR) is 57.6 cm³/mol. The summed E-state index contributed by atoms with van der Waals surface area (Å²) in [5.41, 5.74) is 0.696. The first-order valence-electron chi connectivity index (χ1n) is 4.78. The molecule has 76 valence electrons. The molecule has 1 rings (SSSR count). The summed E-state index contributed by atoms with van der Waals surface area (Å²) in [5, 5.41) is 3.23. The fourth-order valence-electron chi connectivity index (χ4n) is 1.38. The number of benzene rings is 1. The fourth-order valence-corrected chi connectivity index (χ4v) is 1.38. The highest BCUT2D eigenvalue weighted by atomic mass is 19.1. The molecule has 0 heterocycles. The Morgan fingerprint density at radius 1 is 1.36 bits per heavy atom. The van der Waals surface area contributed by atoms with Crippen LogP contribution >= 0.6 is 0 Å². The maximum absolute atomic E-state index is 13.3. The van der Waals surface area contributed by atoms with Crippen LogP contribution in [0.4, 0.5) is 4.39 Å². The van der Waals surface area contributed by atoms with E-state index in [2.05, 4.69) is 11.9 Å². The summed E-state index contributed by atoms with van der Waals surface area (Å²) in [5.74, 6) is -0.163. The average Bonchev–Trinajstić information content (AvgIpc) is 2.18. The van der Waals surface area contributed by atoms with E-state index in [0.717, 1.165) is 0 Å². The molecule has 0 aliphatic heterocycles. The monoisotopic (exact) mass is 193 g/mol. The topological polar surface area (TPSA) is 12.0 Å². The summed E-state index contributed by atoms with van der Waals surface area (Å²) in [7, 11) is 0. The van der Waals surface area contributed by atoms with E-state index in [0.29, 0.717) is 5.56 Å². The lowest BCUT2D eigenvalue weighted by Crippen LogP contribution is -2.27. The van der Waals surface area contributed by atoms with Crippen molar-refractivity contribution in [2.75, 3.05) is 0 Å². The van der Waals surface area contributed by atoms with Crippen LogP contribution in [0.2, 0.25) is 0 Å². The van der Waals surface area contributed by atoms with Crippen LogP contribution in [-0.2, 0) is 0 Å². The van der Waals surface area contributed by atoms with Crippen LogP contribution in [0.15, 0.2) is 36.9 Å². The molecule has 1 N–H and O–H groups in total. The molecule has 1 nitrogen and oxygen atoms in total. The summed E-state index contributed by atoms with van der Waals surface area (Å²) in [4.78, 5) is 0. The second-order valence-corrected chi connectivity index (χ2v) is 3.43. The Balaban J connectivity index is 2.74. The number of rotatable bonds is 4. The van der Waals surface area contributed by atoms with Crippen molar-refractivity contribution < 1.29 is 4.39 Å². The predicted octanol–water partition coefficient (Wildman–Crippen LogP) is 3.05. The van der Waals surface area contributed by atoms with E-state index >= 15 is 0 Å². The standard InChI is InChI=1S/C12H16FN/c1-4-9(2)14-10(3)11-7-5-6-8-12(11)13/h4-10,14H,1H2,2-3H3/t9?,10-/m1/s1. The van der Waals surface area contributed by atoms with Crippen LogP contribution in [0.5, 0.6) is 0 Å². The molecule has 0 aliphatic carbocycles. The van der Waals surface area contributed by atoms with Crippen LogP contribution < -0.4 is 5.32 Å². The summed E-state index contributed by atoms with van der Waals surface area (Å²) in [6, 6.07) is 7.00. The third kappa shape index (κ3) is 2.67. The van der Waals surface area contributed by atoms with Gasteiger partial charge in [0.1, 0.15) is 5.82 Å². The van der Waals surface area contributed by atoms with Gasteiger partial charge in [-0.1, -0.05) is 24.3 Å². The Labute approximate surface area is 84.6 Å². The van der Waals surface area contributed by atoms with Gasteiger partial charge in [-0.25, -0.2) is 4.39 Å². The molecule has 0 fully saturated rings. The highest BCUT2D eigenvalue weighted by Gasteiger charge is 2.10. The fraction of sp³-hybridized carbons (Fsp3) is 0.333. The van der Waals surface area contributed by atoms with E-state index < -0.39 is 0 Å². The molecule has 0 aromatic heterocycles. The number of hydrogen-bond donors (Lipinski definition) is 1. The van der Waals surface area contributed by atoms with Gasteiger partial charge in [-0.15, -0.1) is 6.58 Å². The van der Waals surface area contributed by atoms with Gasteiger partial charge in [-0.3, -0.25) is 0 Å². The van der Waals surface area contributed by atoms with E-state index in [1.54, 1.807) is 18.2 Å². The largest absolute Gasteiger partial charge is 0.304 e. The molecule has 2 heteroatoms. The first-order valence-corrected chi connectivity index (χ1v) is 4.78.